The van der Waals surface area contributed by atoms with Crippen LogP contribution in [0.5, 0.6) is 0 Å². The predicted octanol–water partition coefficient (Wildman–Crippen LogP) is 3.01. The third-order valence-electron chi connectivity index (χ3n) is 7.31. The van der Waals surface area contributed by atoms with Crippen molar-refractivity contribution in [2.24, 2.45) is 5.92 Å². The standard InChI is InChI=1S/C24H35N5O/c1-2-29-22-6-4-3-5-21(22)26-23(29)17-27-13-11-20(12-14-27)28-15-9-18(10-16-28)24(30)25-19-7-8-19/h3-6,18-20H,2,7-17H2,1H3,(H,25,30). The number of rotatable bonds is 6. The van der Waals surface area contributed by atoms with E-state index >= 15 is 0 Å². The average molecular weight is 410 g/mol. The molecule has 1 aliphatic carbocycles. The van der Waals surface area contributed by atoms with Gasteiger partial charge in [-0.25, -0.2) is 4.98 Å². The number of benzene rings is 1. The lowest BCUT2D eigenvalue weighted by Crippen LogP contribution is -2.49. The minimum Gasteiger partial charge on any atom is -0.353 e. The maximum atomic E-state index is 12.3. The van der Waals surface area contributed by atoms with Crippen molar-refractivity contribution < 1.29 is 4.79 Å². The number of imidazole rings is 1. The van der Waals surface area contributed by atoms with Crippen LogP contribution in [0.3, 0.4) is 0 Å². The highest BCUT2D eigenvalue weighted by atomic mass is 16.2. The van der Waals surface area contributed by atoms with Gasteiger partial charge in [0.2, 0.25) is 5.91 Å². The highest BCUT2D eigenvalue weighted by Crippen LogP contribution is 2.27. The molecule has 2 aromatic rings. The third kappa shape index (κ3) is 4.26. The molecule has 3 heterocycles. The summed E-state index contributed by atoms with van der Waals surface area (Å²) in [5, 5.41) is 3.19. The molecule has 1 saturated carbocycles. The monoisotopic (exact) mass is 409 g/mol. The van der Waals surface area contributed by atoms with E-state index in [9.17, 15) is 4.79 Å². The van der Waals surface area contributed by atoms with Gasteiger partial charge in [0, 0.05) is 37.6 Å². The molecular formula is C24H35N5O. The van der Waals surface area contributed by atoms with E-state index in [1.165, 1.54) is 37.0 Å². The number of hydrogen-bond donors (Lipinski definition) is 1. The van der Waals surface area contributed by atoms with Crippen LogP contribution in [0, 0.1) is 5.92 Å². The fourth-order valence-corrected chi connectivity index (χ4v) is 5.32. The minimum atomic E-state index is 0.240. The van der Waals surface area contributed by atoms with E-state index in [0.29, 0.717) is 18.0 Å². The average Bonchev–Trinajstić information content (AvgIpc) is 3.53. The second-order valence-corrected chi connectivity index (χ2v) is 9.36. The molecule has 2 saturated heterocycles. The largest absolute Gasteiger partial charge is 0.353 e. The number of nitrogens with one attached hydrogen (secondary N) is 1. The van der Waals surface area contributed by atoms with Crippen LogP contribution in [-0.2, 0) is 17.9 Å². The Hall–Kier alpha value is -1.92. The molecule has 0 atom stereocenters. The Kier molecular flexibility index (Phi) is 5.79. The van der Waals surface area contributed by atoms with E-state index < -0.39 is 0 Å². The van der Waals surface area contributed by atoms with Crippen molar-refractivity contribution in [3.05, 3.63) is 30.1 Å². The van der Waals surface area contributed by atoms with Gasteiger partial charge < -0.3 is 14.8 Å². The molecule has 1 amide bonds. The summed E-state index contributed by atoms with van der Waals surface area (Å²) in [7, 11) is 0. The van der Waals surface area contributed by atoms with Crippen molar-refractivity contribution in [3.8, 4) is 0 Å². The molecule has 2 aliphatic heterocycles. The molecule has 0 radical (unpaired) electrons. The molecule has 3 fully saturated rings. The summed E-state index contributed by atoms with van der Waals surface area (Å²) in [5.74, 6) is 1.74. The van der Waals surface area contributed by atoms with E-state index in [-0.39, 0.29) is 5.92 Å². The molecule has 30 heavy (non-hydrogen) atoms. The normalized spacial score (nSPS) is 22.6. The van der Waals surface area contributed by atoms with Gasteiger partial charge in [0.1, 0.15) is 5.82 Å². The quantitative estimate of drug-likeness (QED) is 0.797. The summed E-state index contributed by atoms with van der Waals surface area (Å²) in [6, 6.07) is 9.63. The maximum absolute atomic E-state index is 12.3. The van der Waals surface area contributed by atoms with Gasteiger partial charge in [-0.2, -0.15) is 0 Å². The topological polar surface area (TPSA) is 53.4 Å². The second kappa shape index (κ2) is 8.67. The summed E-state index contributed by atoms with van der Waals surface area (Å²) in [5.41, 5.74) is 2.36. The number of carbonyl (C=O) groups is 1. The first-order chi connectivity index (χ1) is 14.7. The zero-order valence-corrected chi connectivity index (χ0v) is 18.2. The van der Waals surface area contributed by atoms with Crippen molar-refractivity contribution in [1.82, 2.24) is 24.7 Å². The van der Waals surface area contributed by atoms with Gasteiger partial charge in [-0.1, -0.05) is 12.1 Å². The van der Waals surface area contributed by atoms with Gasteiger partial charge in [-0.05, 0) is 70.7 Å². The van der Waals surface area contributed by atoms with Gasteiger partial charge in [0.15, 0.2) is 0 Å². The first-order valence-corrected chi connectivity index (χ1v) is 11.9. The van der Waals surface area contributed by atoms with Crippen LogP contribution in [0.2, 0.25) is 0 Å². The number of piperidine rings is 2. The second-order valence-electron chi connectivity index (χ2n) is 9.36. The van der Waals surface area contributed by atoms with E-state index in [1.54, 1.807) is 0 Å². The van der Waals surface area contributed by atoms with Gasteiger partial charge >= 0.3 is 0 Å². The van der Waals surface area contributed by atoms with Crippen molar-refractivity contribution in [1.29, 1.82) is 0 Å². The molecule has 0 bridgehead atoms. The molecule has 6 heteroatoms. The number of aromatic nitrogens is 2. The highest BCUT2D eigenvalue weighted by Gasteiger charge is 2.33. The lowest BCUT2D eigenvalue weighted by molar-refractivity contribution is -0.126. The summed E-state index contributed by atoms with van der Waals surface area (Å²) < 4.78 is 2.36. The first-order valence-electron chi connectivity index (χ1n) is 11.9. The molecule has 5 rings (SSSR count). The van der Waals surface area contributed by atoms with Gasteiger partial charge in [0.05, 0.1) is 17.6 Å². The maximum Gasteiger partial charge on any atom is 0.223 e. The lowest BCUT2D eigenvalue weighted by Gasteiger charge is -2.41. The molecule has 0 spiro atoms. The predicted molar refractivity (Wildman–Crippen MR) is 119 cm³/mol. The van der Waals surface area contributed by atoms with Crippen LogP contribution < -0.4 is 5.32 Å². The van der Waals surface area contributed by atoms with Gasteiger partial charge in [-0.3, -0.25) is 9.69 Å². The Morgan fingerprint density at radius 1 is 1.03 bits per heavy atom. The number of aryl methyl sites for hydroxylation is 1. The Bertz CT molecular complexity index is 873. The molecule has 0 unspecified atom stereocenters. The fraction of sp³-hybridized carbons (Fsp3) is 0.667. The molecule has 3 aliphatic rings. The lowest BCUT2D eigenvalue weighted by atomic mass is 9.92. The minimum absolute atomic E-state index is 0.240. The van der Waals surface area contributed by atoms with E-state index in [0.717, 1.165) is 57.6 Å². The van der Waals surface area contributed by atoms with E-state index in [4.69, 9.17) is 4.98 Å². The number of likely N-dealkylation sites (tertiary alicyclic amines) is 2. The fourth-order valence-electron chi connectivity index (χ4n) is 5.32. The van der Waals surface area contributed by atoms with Crippen molar-refractivity contribution in [2.75, 3.05) is 26.2 Å². The summed E-state index contributed by atoms with van der Waals surface area (Å²) in [4.78, 5) is 22.5. The van der Waals surface area contributed by atoms with Gasteiger partial charge in [0.25, 0.3) is 0 Å². The first kappa shape index (κ1) is 20.0. The molecule has 162 valence electrons. The van der Waals surface area contributed by atoms with Crippen LogP contribution in [-0.4, -0.2) is 63.5 Å². The number of carbonyl (C=O) groups excluding carboxylic acids is 1. The van der Waals surface area contributed by atoms with Gasteiger partial charge in [-0.15, -0.1) is 0 Å². The Morgan fingerprint density at radius 3 is 2.47 bits per heavy atom. The van der Waals surface area contributed by atoms with Crippen molar-refractivity contribution in [2.45, 2.75) is 70.6 Å². The summed E-state index contributed by atoms with van der Waals surface area (Å²) in [6.45, 7) is 8.56. The molecule has 1 N–H and O–H groups in total. The Morgan fingerprint density at radius 2 is 1.77 bits per heavy atom. The number of amides is 1. The number of hydrogen-bond acceptors (Lipinski definition) is 4. The highest BCUT2D eigenvalue weighted by molar-refractivity contribution is 5.79. The summed E-state index contributed by atoms with van der Waals surface area (Å²) in [6.07, 6.45) is 6.87. The van der Waals surface area contributed by atoms with Crippen LogP contribution in [0.15, 0.2) is 24.3 Å². The summed E-state index contributed by atoms with van der Waals surface area (Å²) >= 11 is 0. The van der Waals surface area contributed by atoms with Crippen LogP contribution in [0.1, 0.15) is 51.3 Å². The van der Waals surface area contributed by atoms with E-state index in [1.807, 2.05) is 0 Å². The molecule has 6 nitrogen and oxygen atoms in total. The van der Waals surface area contributed by atoms with Crippen LogP contribution in [0.4, 0.5) is 0 Å². The molecular weight excluding hydrogens is 374 g/mol. The van der Waals surface area contributed by atoms with Crippen molar-refractivity contribution >= 4 is 16.9 Å². The Balaban J connectivity index is 1.11. The molecule has 1 aromatic heterocycles. The zero-order chi connectivity index (χ0) is 20.5. The number of para-hydroxylation sites is 2. The molecule has 1 aromatic carbocycles. The van der Waals surface area contributed by atoms with Crippen LogP contribution >= 0.6 is 0 Å². The Labute approximate surface area is 179 Å². The number of nitrogens with zero attached hydrogens (tertiary/aromatic N) is 4. The van der Waals surface area contributed by atoms with Crippen molar-refractivity contribution in [3.63, 3.8) is 0 Å². The number of fused-ring (bicyclic) bond motifs is 1. The smallest absolute Gasteiger partial charge is 0.223 e. The third-order valence-corrected chi connectivity index (χ3v) is 7.31. The van der Waals surface area contributed by atoms with Crippen LogP contribution in [0.25, 0.3) is 11.0 Å². The van der Waals surface area contributed by atoms with E-state index in [2.05, 4.69) is 50.9 Å². The SMILES string of the molecule is CCn1c(CN2CCC(N3CCC(C(=O)NC4CC4)CC3)CC2)nc2ccccc21. The zero-order valence-electron chi connectivity index (χ0n) is 18.2.